The van der Waals surface area contributed by atoms with Crippen molar-refractivity contribution >= 4 is 73.4 Å². The molecule has 0 saturated heterocycles. The fraction of sp³-hybridized carbons (Fsp3) is 0.0588. The zero-order valence-corrected chi connectivity index (χ0v) is 17.1. The van der Waals surface area contributed by atoms with E-state index in [0.29, 0.717) is 15.6 Å². The van der Waals surface area contributed by atoms with E-state index in [-0.39, 0.29) is 5.97 Å². The smallest absolute Gasteiger partial charge is 0.330 e. The monoisotopic (exact) mass is 492 g/mol. The maximum Gasteiger partial charge on any atom is 0.330 e. The first-order valence-corrected chi connectivity index (χ1v) is 8.83. The Hall–Kier alpha value is -1.14. The Balaban J connectivity index is 0.000000254. The minimum absolute atomic E-state index is 0.383. The third kappa shape index (κ3) is 7.18. The molecule has 0 aromatic heterocycles. The van der Waals surface area contributed by atoms with Crippen molar-refractivity contribution in [2.45, 2.75) is 0 Å². The summed E-state index contributed by atoms with van der Waals surface area (Å²) < 4.78 is 6.04. The summed E-state index contributed by atoms with van der Waals surface area (Å²) in [7, 11) is 1.34. The number of esters is 1. The van der Waals surface area contributed by atoms with Gasteiger partial charge in [-0.2, -0.15) is 0 Å². The standard InChI is InChI=1S/C10H8BrClO2.C7H4BrClO/c1-14-10(13)5-3-7-2-4-8(12)6-9(7)11;8-7-3-6(9)2-1-5(7)4-10/h2-6H,1H3;1-4H/b5-3+;. The highest BCUT2D eigenvalue weighted by Gasteiger charge is 1.98. The maximum absolute atomic E-state index is 10.8. The van der Waals surface area contributed by atoms with Gasteiger partial charge in [0.2, 0.25) is 0 Å². The van der Waals surface area contributed by atoms with Crippen LogP contribution in [0.1, 0.15) is 15.9 Å². The summed E-state index contributed by atoms with van der Waals surface area (Å²) in [4.78, 5) is 21.1. The third-order valence-corrected chi connectivity index (χ3v) is 4.50. The van der Waals surface area contributed by atoms with Crippen molar-refractivity contribution in [3.05, 3.63) is 72.6 Å². The average Bonchev–Trinajstić information content (AvgIpc) is 2.54. The van der Waals surface area contributed by atoms with Crippen LogP contribution in [0.15, 0.2) is 51.4 Å². The predicted octanol–water partition coefficient (Wildman–Crippen LogP) is 6.20. The highest BCUT2D eigenvalue weighted by Crippen LogP contribution is 2.22. The number of rotatable bonds is 3. The SMILES string of the molecule is COC(=O)/C=C/c1ccc(Cl)cc1Br.O=Cc1ccc(Cl)cc1Br. The molecule has 0 spiro atoms. The molecule has 2 aromatic carbocycles. The number of carbonyl (C=O) groups is 2. The van der Waals surface area contributed by atoms with Crippen molar-refractivity contribution in [2.24, 2.45) is 0 Å². The Bertz CT molecular complexity index is 761. The van der Waals surface area contributed by atoms with Gasteiger partial charge in [-0.25, -0.2) is 4.79 Å². The fourth-order valence-electron chi connectivity index (χ4n) is 1.46. The first kappa shape index (κ1) is 20.9. The van der Waals surface area contributed by atoms with Crippen molar-refractivity contribution in [3.63, 3.8) is 0 Å². The molecule has 7 heteroatoms. The second-order valence-corrected chi connectivity index (χ2v) is 6.89. The van der Waals surface area contributed by atoms with Gasteiger partial charge in [0.15, 0.2) is 6.29 Å². The van der Waals surface area contributed by atoms with Gasteiger partial charge in [0, 0.05) is 30.6 Å². The highest BCUT2D eigenvalue weighted by molar-refractivity contribution is 9.10. The average molecular weight is 495 g/mol. The molecule has 0 fully saturated rings. The van der Waals surface area contributed by atoms with Crippen LogP contribution in [0, 0.1) is 0 Å². The molecule has 0 unspecified atom stereocenters. The fourth-order valence-corrected chi connectivity index (χ4v) is 3.05. The van der Waals surface area contributed by atoms with Gasteiger partial charge in [0.25, 0.3) is 0 Å². The lowest BCUT2D eigenvalue weighted by Crippen LogP contribution is -1.93. The molecule has 24 heavy (non-hydrogen) atoms. The molecule has 3 nitrogen and oxygen atoms in total. The van der Waals surface area contributed by atoms with E-state index in [4.69, 9.17) is 23.2 Å². The molecule has 0 bridgehead atoms. The van der Waals surface area contributed by atoms with E-state index < -0.39 is 0 Å². The zero-order chi connectivity index (χ0) is 18.1. The van der Waals surface area contributed by atoms with E-state index in [0.717, 1.165) is 20.8 Å². The Kier molecular flexibility index (Phi) is 9.29. The van der Waals surface area contributed by atoms with Crippen LogP contribution in [-0.4, -0.2) is 19.4 Å². The van der Waals surface area contributed by atoms with Crippen LogP contribution in [0.5, 0.6) is 0 Å². The molecule has 0 atom stereocenters. The Morgan fingerprint density at radius 2 is 1.50 bits per heavy atom. The molecule has 0 aliphatic carbocycles. The minimum Gasteiger partial charge on any atom is -0.466 e. The number of ether oxygens (including phenoxy) is 1. The van der Waals surface area contributed by atoms with Crippen LogP contribution >= 0.6 is 55.1 Å². The molecule has 0 saturated carbocycles. The van der Waals surface area contributed by atoms with Crippen LogP contribution in [0.3, 0.4) is 0 Å². The molecule has 126 valence electrons. The van der Waals surface area contributed by atoms with Crippen molar-refractivity contribution < 1.29 is 14.3 Å². The molecule has 2 aromatic rings. The van der Waals surface area contributed by atoms with E-state index in [1.807, 2.05) is 6.07 Å². The summed E-state index contributed by atoms with van der Waals surface area (Å²) in [5, 5.41) is 1.27. The third-order valence-electron chi connectivity index (χ3n) is 2.65. The number of carbonyl (C=O) groups excluding carboxylic acids is 2. The van der Waals surface area contributed by atoms with E-state index in [9.17, 15) is 9.59 Å². The summed E-state index contributed by atoms with van der Waals surface area (Å²) >= 11 is 17.9. The van der Waals surface area contributed by atoms with E-state index >= 15 is 0 Å². The van der Waals surface area contributed by atoms with Gasteiger partial charge in [0.05, 0.1) is 7.11 Å². The summed E-state index contributed by atoms with van der Waals surface area (Å²) in [6, 6.07) is 10.4. The van der Waals surface area contributed by atoms with Crippen LogP contribution in [0.4, 0.5) is 0 Å². The largest absolute Gasteiger partial charge is 0.466 e. The van der Waals surface area contributed by atoms with Gasteiger partial charge in [-0.15, -0.1) is 0 Å². The summed E-state index contributed by atoms with van der Waals surface area (Å²) in [6.07, 6.45) is 3.79. The van der Waals surface area contributed by atoms with Gasteiger partial charge in [-0.1, -0.05) is 61.1 Å². The number of hydrogen-bond acceptors (Lipinski definition) is 3. The topological polar surface area (TPSA) is 43.4 Å². The van der Waals surface area contributed by atoms with Crippen LogP contribution < -0.4 is 0 Å². The van der Waals surface area contributed by atoms with Gasteiger partial charge in [-0.05, 0) is 42.0 Å². The van der Waals surface area contributed by atoms with Crippen LogP contribution in [-0.2, 0) is 9.53 Å². The number of benzene rings is 2. The Morgan fingerprint density at radius 3 is 1.92 bits per heavy atom. The minimum atomic E-state index is -0.383. The van der Waals surface area contributed by atoms with Gasteiger partial charge < -0.3 is 4.74 Å². The zero-order valence-electron chi connectivity index (χ0n) is 12.4. The summed E-state index contributed by atoms with van der Waals surface area (Å²) in [5.74, 6) is -0.383. The lowest BCUT2D eigenvalue weighted by Gasteiger charge is -1.98. The first-order valence-electron chi connectivity index (χ1n) is 6.48. The van der Waals surface area contributed by atoms with Crippen molar-refractivity contribution in [2.75, 3.05) is 7.11 Å². The van der Waals surface area contributed by atoms with E-state index in [2.05, 4.69) is 36.6 Å². The predicted molar refractivity (Wildman–Crippen MR) is 105 cm³/mol. The van der Waals surface area contributed by atoms with Crippen molar-refractivity contribution in [3.8, 4) is 0 Å². The second kappa shape index (κ2) is 10.7. The van der Waals surface area contributed by atoms with Crippen LogP contribution in [0.2, 0.25) is 10.0 Å². The molecule has 0 radical (unpaired) electrons. The Labute approximate surface area is 166 Å². The maximum atomic E-state index is 10.8. The van der Waals surface area contributed by atoms with Crippen molar-refractivity contribution in [1.29, 1.82) is 0 Å². The number of aldehydes is 1. The lowest BCUT2D eigenvalue weighted by molar-refractivity contribution is -0.134. The van der Waals surface area contributed by atoms with E-state index in [1.54, 1.807) is 36.4 Å². The normalized spacial score (nSPS) is 10.0. The summed E-state index contributed by atoms with van der Waals surface area (Å²) in [6.45, 7) is 0. The summed E-state index contributed by atoms with van der Waals surface area (Å²) in [5.41, 5.74) is 1.49. The molecule has 0 aliphatic rings. The van der Waals surface area contributed by atoms with Crippen LogP contribution in [0.25, 0.3) is 6.08 Å². The van der Waals surface area contributed by atoms with Gasteiger partial charge in [-0.3, -0.25) is 4.79 Å². The molecule has 0 amide bonds. The molecular formula is C17H12Br2Cl2O3. The second-order valence-electron chi connectivity index (χ2n) is 4.31. The van der Waals surface area contributed by atoms with E-state index in [1.165, 1.54) is 13.2 Å². The molecule has 2 rings (SSSR count). The number of methoxy groups -OCH3 is 1. The number of halogens is 4. The van der Waals surface area contributed by atoms with Gasteiger partial charge >= 0.3 is 5.97 Å². The first-order chi connectivity index (χ1) is 11.4. The molecule has 0 N–H and O–H groups in total. The van der Waals surface area contributed by atoms with Crippen molar-refractivity contribution in [1.82, 2.24) is 0 Å². The lowest BCUT2D eigenvalue weighted by atomic mass is 10.2. The molecule has 0 heterocycles. The molecule has 0 aliphatic heterocycles. The van der Waals surface area contributed by atoms with Gasteiger partial charge in [0.1, 0.15) is 0 Å². The molecular weight excluding hydrogens is 483 g/mol. The quantitative estimate of drug-likeness (QED) is 0.290. The highest BCUT2D eigenvalue weighted by atomic mass is 79.9. The Morgan fingerprint density at radius 1 is 1.00 bits per heavy atom. The number of hydrogen-bond donors (Lipinski definition) is 0.